The normalized spacial score (nSPS) is 16.8. The molecule has 0 saturated carbocycles. The first-order chi connectivity index (χ1) is 16.2. The number of nitrogens with one attached hydrogen (secondary N) is 1. The molecule has 0 fully saturated rings. The van der Waals surface area contributed by atoms with Crippen molar-refractivity contribution in [1.29, 1.82) is 0 Å². The Morgan fingerprint density at radius 3 is 2.67 bits per heavy atom. The van der Waals surface area contributed by atoms with E-state index in [2.05, 4.69) is 10.3 Å². The van der Waals surface area contributed by atoms with Crippen LogP contribution in [0.5, 0.6) is 0 Å². The van der Waals surface area contributed by atoms with E-state index in [1.165, 1.54) is 6.20 Å². The van der Waals surface area contributed by atoms with Crippen LogP contribution >= 0.6 is 0 Å². The Labute approximate surface area is 190 Å². The highest BCUT2D eigenvalue weighted by molar-refractivity contribution is 6.21. The predicted octanol–water partition coefficient (Wildman–Crippen LogP) is 3.73. The molecule has 6 rings (SSSR count). The summed E-state index contributed by atoms with van der Waals surface area (Å²) >= 11 is 0. The summed E-state index contributed by atoms with van der Waals surface area (Å²) in [4.78, 5) is 37.6. The van der Waals surface area contributed by atoms with Gasteiger partial charge in [0.25, 0.3) is 11.8 Å². The summed E-state index contributed by atoms with van der Waals surface area (Å²) in [5, 5.41) is 3.72. The highest BCUT2D eigenvalue weighted by atomic mass is 16.2. The molecule has 0 saturated heterocycles. The van der Waals surface area contributed by atoms with E-state index in [1.807, 2.05) is 72.8 Å². The quantitative estimate of drug-likeness (QED) is 0.536. The molecule has 2 amide bonds. The van der Waals surface area contributed by atoms with E-state index in [1.54, 1.807) is 11.0 Å². The lowest BCUT2D eigenvalue weighted by molar-refractivity contribution is -0.120. The average molecular weight is 432 g/mol. The molecule has 33 heavy (non-hydrogen) atoms. The lowest BCUT2D eigenvalue weighted by atomic mass is 9.98. The van der Waals surface area contributed by atoms with Gasteiger partial charge in [0.2, 0.25) is 6.17 Å². The van der Waals surface area contributed by atoms with E-state index in [9.17, 15) is 9.59 Å². The van der Waals surface area contributed by atoms with Crippen molar-refractivity contribution in [3.63, 3.8) is 0 Å². The summed E-state index contributed by atoms with van der Waals surface area (Å²) in [6.45, 7) is 0.576. The van der Waals surface area contributed by atoms with E-state index in [4.69, 9.17) is 4.99 Å². The van der Waals surface area contributed by atoms with Gasteiger partial charge >= 0.3 is 0 Å². The maximum atomic E-state index is 13.5. The van der Waals surface area contributed by atoms with Gasteiger partial charge in [-0.25, -0.2) is 4.99 Å². The van der Waals surface area contributed by atoms with Crippen molar-refractivity contribution in [3.05, 3.63) is 107 Å². The van der Waals surface area contributed by atoms with Gasteiger partial charge in [0.05, 0.1) is 22.5 Å². The third-order valence-electron chi connectivity index (χ3n) is 6.18. The highest BCUT2D eigenvalue weighted by Crippen LogP contribution is 2.36. The topological polar surface area (TPSA) is 74.7 Å². The first-order valence-corrected chi connectivity index (χ1v) is 10.9. The van der Waals surface area contributed by atoms with Gasteiger partial charge in [0.15, 0.2) is 0 Å². The molecule has 160 valence electrons. The molecule has 1 aromatic heterocycles. The fraction of sp³-hybridized carbons (Fsp3) is 0.111. The molecule has 6 heteroatoms. The zero-order valence-corrected chi connectivity index (χ0v) is 17.7. The van der Waals surface area contributed by atoms with Crippen molar-refractivity contribution in [2.24, 2.45) is 4.99 Å². The van der Waals surface area contributed by atoms with Crippen LogP contribution in [0, 0.1) is 0 Å². The number of aromatic nitrogens is 1. The second kappa shape index (κ2) is 7.67. The van der Waals surface area contributed by atoms with Gasteiger partial charge < -0.3 is 10.2 Å². The number of aliphatic imine (C=N–C) groups is 1. The van der Waals surface area contributed by atoms with Crippen LogP contribution in [-0.2, 0) is 11.2 Å². The van der Waals surface area contributed by atoms with Crippen molar-refractivity contribution >= 4 is 34.1 Å². The summed E-state index contributed by atoms with van der Waals surface area (Å²) in [5.74, 6) is -0.609. The van der Waals surface area contributed by atoms with Crippen molar-refractivity contribution in [2.75, 3.05) is 11.4 Å². The van der Waals surface area contributed by atoms with Crippen molar-refractivity contribution < 1.29 is 9.59 Å². The summed E-state index contributed by atoms with van der Waals surface area (Å²) in [5.41, 5.74) is 5.73. The minimum atomic E-state index is -1.03. The molecule has 1 atom stereocenters. The number of pyridine rings is 1. The molecular weight excluding hydrogens is 412 g/mol. The molecule has 0 unspecified atom stereocenters. The Balaban J connectivity index is 1.42. The third kappa shape index (κ3) is 3.27. The molecular formula is C27H20N4O2. The molecule has 3 aromatic carbocycles. The van der Waals surface area contributed by atoms with E-state index in [0.29, 0.717) is 17.8 Å². The average Bonchev–Trinajstić information content (AvgIpc) is 3.26. The first kappa shape index (κ1) is 19.4. The Kier molecular flexibility index (Phi) is 4.50. The van der Waals surface area contributed by atoms with E-state index >= 15 is 0 Å². The second-order valence-corrected chi connectivity index (χ2v) is 8.19. The van der Waals surface area contributed by atoms with Crippen LogP contribution in [0.4, 0.5) is 5.69 Å². The number of rotatable bonds is 3. The standard InChI is InChI=1S/C27H20N4O2/c32-26(20-15-19-9-4-5-12-22(19)28-16-20)30-25-27(33)31-14-13-18-10-6-11-21(24(18)31)23(29-25)17-7-2-1-3-8-17/h1-12,15-16,25H,13-14H2,(H,30,32)/t25-/m0/s1. The summed E-state index contributed by atoms with van der Waals surface area (Å²) in [7, 11) is 0. The highest BCUT2D eigenvalue weighted by Gasteiger charge is 2.37. The number of carbonyl (C=O) groups is 2. The van der Waals surface area contributed by atoms with Crippen LogP contribution in [0.2, 0.25) is 0 Å². The Morgan fingerprint density at radius 2 is 1.79 bits per heavy atom. The van der Waals surface area contributed by atoms with Gasteiger partial charge in [-0.2, -0.15) is 0 Å². The molecule has 6 nitrogen and oxygen atoms in total. The smallest absolute Gasteiger partial charge is 0.272 e. The Bertz CT molecular complexity index is 1450. The van der Waals surface area contributed by atoms with Crippen LogP contribution in [0.1, 0.15) is 27.0 Å². The fourth-order valence-electron chi connectivity index (χ4n) is 4.59. The lowest BCUT2D eigenvalue weighted by Crippen LogP contribution is -2.47. The monoisotopic (exact) mass is 432 g/mol. The van der Waals surface area contributed by atoms with Crippen LogP contribution in [0.3, 0.4) is 0 Å². The molecule has 2 aliphatic rings. The number of anilines is 1. The van der Waals surface area contributed by atoms with Gasteiger partial charge in [0.1, 0.15) is 0 Å². The second-order valence-electron chi connectivity index (χ2n) is 8.19. The van der Waals surface area contributed by atoms with Gasteiger partial charge in [0, 0.05) is 29.3 Å². The van der Waals surface area contributed by atoms with Crippen molar-refractivity contribution in [3.8, 4) is 0 Å². The molecule has 0 radical (unpaired) electrons. The lowest BCUT2D eigenvalue weighted by Gasteiger charge is -2.21. The largest absolute Gasteiger partial charge is 0.322 e. The number of amides is 2. The van der Waals surface area contributed by atoms with Crippen molar-refractivity contribution in [2.45, 2.75) is 12.6 Å². The summed E-state index contributed by atoms with van der Waals surface area (Å²) in [6, 6.07) is 25.2. The minimum Gasteiger partial charge on any atom is -0.322 e. The van der Waals surface area contributed by atoms with Crippen LogP contribution in [0.25, 0.3) is 10.9 Å². The summed E-state index contributed by atoms with van der Waals surface area (Å²) in [6.07, 6.45) is 1.29. The molecule has 4 aromatic rings. The van der Waals surface area contributed by atoms with Gasteiger partial charge in [-0.05, 0) is 24.1 Å². The van der Waals surface area contributed by atoms with Crippen LogP contribution in [0.15, 0.2) is 90.1 Å². The maximum Gasteiger partial charge on any atom is 0.272 e. The first-order valence-electron chi connectivity index (χ1n) is 10.9. The zero-order chi connectivity index (χ0) is 22.4. The number of carbonyl (C=O) groups excluding carboxylic acids is 2. The third-order valence-corrected chi connectivity index (χ3v) is 6.18. The fourth-order valence-corrected chi connectivity index (χ4v) is 4.59. The minimum absolute atomic E-state index is 0.228. The number of hydrogen-bond acceptors (Lipinski definition) is 4. The molecule has 2 aliphatic heterocycles. The van der Waals surface area contributed by atoms with Crippen molar-refractivity contribution in [1.82, 2.24) is 10.3 Å². The van der Waals surface area contributed by atoms with Crippen LogP contribution < -0.4 is 10.2 Å². The number of benzene rings is 3. The molecule has 0 spiro atoms. The number of para-hydroxylation sites is 2. The van der Waals surface area contributed by atoms with Crippen LogP contribution in [-0.4, -0.2) is 35.2 Å². The molecule has 0 bridgehead atoms. The Hall–Kier alpha value is -4.32. The number of nitrogens with zero attached hydrogens (tertiary/aromatic N) is 3. The molecule has 0 aliphatic carbocycles. The number of fused-ring (bicyclic) bond motifs is 1. The summed E-state index contributed by atoms with van der Waals surface area (Å²) < 4.78 is 0. The van der Waals surface area contributed by atoms with Gasteiger partial charge in [-0.1, -0.05) is 66.7 Å². The van der Waals surface area contributed by atoms with Gasteiger partial charge in [-0.15, -0.1) is 0 Å². The maximum absolute atomic E-state index is 13.5. The molecule has 1 N–H and O–H groups in total. The predicted molar refractivity (Wildman–Crippen MR) is 128 cm³/mol. The van der Waals surface area contributed by atoms with E-state index in [-0.39, 0.29) is 11.8 Å². The Morgan fingerprint density at radius 1 is 0.970 bits per heavy atom. The SMILES string of the molecule is O=C(N[C@@H]1N=C(c2ccccc2)c2cccc3c2N(CC3)C1=O)c1cnc2ccccc2c1. The van der Waals surface area contributed by atoms with E-state index < -0.39 is 6.17 Å². The zero-order valence-electron chi connectivity index (χ0n) is 17.7. The number of hydrogen-bond donors (Lipinski definition) is 1. The van der Waals surface area contributed by atoms with E-state index in [0.717, 1.165) is 39.7 Å². The molecule has 3 heterocycles. The van der Waals surface area contributed by atoms with Gasteiger partial charge in [-0.3, -0.25) is 14.6 Å².